The van der Waals surface area contributed by atoms with Crippen LogP contribution in [0.2, 0.25) is 0 Å². The maximum atomic E-state index is 11.5. The van der Waals surface area contributed by atoms with Gasteiger partial charge in [-0.1, -0.05) is 0 Å². The van der Waals surface area contributed by atoms with E-state index in [1.54, 1.807) is 6.92 Å². The summed E-state index contributed by atoms with van der Waals surface area (Å²) in [5.74, 6) is -0.630. The van der Waals surface area contributed by atoms with Crippen LogP contribution in [-0.2, 0) is 10.6 Å². The molecule has 1 aromatic carbocycles. The molecule has 1 rings (SSSR count). The standard InChI is InChI=1S/C11H10ClNO3/c1-2-16-11(15)9-3-7(5-12)10(14)4-8(9)6-13/h3-4,14H,2,5H2,1H3. The number of nitrogens with zero attached hydrogens (tertiary/aromatic N) is 1. The number of carbonyl (C=O) groups is 1. The molecule has 0 bridgehead atoms. The van der Waals surface area contributed by atoms with Crippen molar-refractivity contribution in [2.45, 2.75) is 12.8 Å². The van der Waals surface area contributed by atoms with E-state index in [2.05, 4.69) is 0 Å². The third-order valence-corrected chi connectivity index (χ3v) is 2.27. The van der Waals surface area contributed by atoms with Crippen LogP contribution in [0.1, 0.15) is 28.4 Å². The molecule has 0 saturated carbocycles. The molecule has 5 heteroatoms. The van der Waals surface area contributed by atoms with Gasteiger partial charge in [0.25, 0.3) is 0 Å². The molecule has 84 valence electrons. The Balaban J connectivity index is 3.26. The normalized spacial score (nSPS) is 9.56. The molecular weight excluding hydrogens is 230 g/mol. The minimum Gasteiger partial charge on any atom is -0.508 e. The lowest BCUT2D eigenvalue weighted by Crippen LogP contribution is -2.07. The summed E-state index contributed by atoms with van der Waals surface area (Å²) in [4.78, 5) is 11.5. The molecule has 1 aromatic rings. The number of ether oxygens (including phenoxy) is 1. The van der Waals surface area contributed by atoms with Crippen LogP contribution in [-0.4, -0.2) is 17.7 Å². The molecule has 0 radical (unpaired) electrons. The van der Waals surface area contributed by atoms with Gasteiger partial charge >= 0.3 is 5.97 Å². The van der Waals surface area contributed by atoms with Gasteiger partial charge in [0, 0.05) is 5.56 Å². The van der Waals surface area contributed by atoms with Crippen LogP contribution in [0.3, 0.4) is 0 Å². The van der Waals surface area contributed by atoms with Crippen LogP contribution >= 0.6 is 11.6 Å². The van der Waals surface area contributed by atoms with Gasteiger partial charge in [-0.3, -0.25) is 0 Å². The number of hydrogen-bond acceptors (Lipinski definition) is 4. The quantitative estimate of drug-likeness (QED) is 0.648. The van der Waals surface area contributed by atoms with E-state index in [4.69, 9.17) is 21.6 Å². The first-order valence-corrected chi connectivity index (χ1v) is 5.16. The maximum absolute atomic E-state index is 11.5. The number of esters is 1. The second-order valence-electron chi connectivity index (χ2n) is 2.99. The summed E-state index contributed by atoms with van der Waals surface area (Å²) in [5.41, 5.74) is 0.589. The van der Waals surface area contributed by atoms with Gasteiger partial charge in [0.15, 0.2) is 0 Å². The zero-order valence-corrected chi connectivity index (χ0v) is 9.41. The van der Waals surface area contributed by atoms with Crippen LogP contribution in [0.5, 0.6) is 5.75 Å². The summed E-state index contributed by atoms with van der Waals surface area (Å²) in [7, 11) is 0. The summed E-state index contributed by atoms with van der Waals surface area (Å²) in [5, 5.41) is 18.3. The van der Waals surface area contributed by atoms with E-state index in [-0.39, 0.29) is 29.4 Å². The van der Waals surface area contributed by atoms with Gasteiger partial charge in [0.05, 0.1) is 23.6 Å². The Morgan fingerprint density at radius 3 is 2.81 bits per heavy atom. The topological polar surface area (TPSA) is 70.3 Å². The Labute approximate surface area is 98.0 Å². The molecule has 0 aliphatic rings. The number of phenolic OH excluding ortho intramolecular Hbond substituents is 1. The van der Waals surface area contributed by atoms with Gasteiger partial charge in [0.1, 0.15) is 11.8 Å². The summed E-state index contributed by atoms with van der Waals surface area (Å²) in [6, 6.07) is 4.41. The van der Waals surface area contributed by atoms with Crippen molar-refractivity contribution in [3.05, 3.63) is 28.8 Å². The average molecular weight is 240 g/mol. The number of halogens is 1. The monoisotopic (exact) mass is 239 g/mol. The number of hydrogen-bond donors (Lipinski definition) is 1. The summed E-state index contributed by atoms with van der Waals surface area (Å²) in [6.07, 6.45) is 0. The molecule has 0 aliphatic carbocycles. The summed E-state index contributed by atoms with van der Waals surface area (Å²) in [6.45, 7) is 1.90. The van der Waals surface area contributed by atoms with Gasteiger partial charge in [-0.2, -0.15) is 5.26 Å². The van der Waals surface area contributed by atoms with E-state index in [0.717, 1.165) is 0 Å². The Kier molecular flexibility index (Phi) is 4.15. The van der Waals surface area contributed by atoms with Gasteiger partial charge in [-0.25, -0.2) is 4.79 Å². The molecule has 0 amide bonds. The van der Waals surface area contributed by atoms with Gasteiger partial charge in [-0.15, -0.1) is 11.6 Å². The average Bonchev–Trinajstić information content (AvgIpc) is 2.28. The minimum atomic E-state index is -0.592. The van der Waals surface area contributed by atoms with Crippen molar-refractivity contribution < 1.29 is 14.6 Å². The molecule has 0 aliphatic heterocycles. The minimum absolute atomic E-state index is 0.0595. The van der Waals surface area contributed by atoms with E-state index in [0.29, 0.717) is 5.56 Å². The largest absolute Gasteiger partial charge is 0.508 e. The number of aromatic hydroxyl groups is 1. The molecular formula is C11H10ClNO3. The molecule has 0 saturated heterocycles. The first-order chi connectivity index (χ1) is 7.63. The highest BCUT2D eigenvalue weighted by Crippen LogP contribution is 2.24. The van der Waals surface area contributed by atoms with Crippen molar-refractivity contribution in [1.82, 2.24) is 0 Å². The highest BCUT2D eigenvalue weighted by molar-refractivity contribution is 6.17. The van der Waals surface area contributed by atoms with Crippen LogP contribution in [0, 0.1) is 11.3 Å². The Morgan fingerprint density at radius 2 is 2.31 bits per heavy atom. The Bertz CT molecular complexity index is 451. The Hall–Kier alpha value is -1.73. The molecule has 0 atom stereocenters. The van der Waals surface area contributed by atoms with E-state index in [1.807, 2.05) is 6.07 Å². The van der Waals surface area contributed by atoms with Crippen molar-refractivity contribution in [1.29, 1.82) is 5.26 Å². The van der Waals surface area contributed by atoms with Crippen molar-refractivity contribution in [3.8, 4) is 11.8 Å². The van der Waals surface area contributed by atoms with Gasteiger partial charge < -0.3 is 9.84 Å². The zero-order valence-electron chi connectivity index (χ0n) is 8.66. The highest BCUT2D eigenvalue weighted by Gasteiger charge is 2.15. The van der Waals surface area contributed by atoms with E-state index in [1.165, 1.54) is 12.1 Å². The predicted molar refractivity (Wildman–Crippen MR) is 58.3 cm³/mol. The Morgan fingerprint density at radius 1 is 1.62 bits per heavy atom. The van der Waals surface area contributed by atoms with E-state index >= 15 is 0 Å². The molecule has 4 nitrogen and oxygen atoms in total. The molecule has 0 spiro atoms. The summed E-state index contributed by atoms with van der Waals surface area (Å²) >= 11 is 5.59. The van der Waals surface area contributed by atoms with Crippen molar-refractivity contribution >= 4 is 17.6 Å². The second kappa shape index (κ2) is 5.38. The fraction of sp³-hybridized carbons (Fsp3) is 0.273. The SMILES string of the molecule is CCOC(=O)c1cc(CCl)c(O)cc1C#N. The molecule has 16 heavy (non-hydrogen) atoms. The van der Waals surface area contributed by atoms with E-state index in [9.17, 15) is 9.90 Å². The molecule has 0 heterocycles. The number of phenols is 1. The maximum Gasteiger partial charge on any atom is 0.339 e. The lowest BCUT2D eigenvalue weighted by molar-refractivity contribution is 0.0526. The molecule has 0 fully saturated rings. The van der Waals surface area contributed by atoms with Crippen LogP contribution in [0.25, 0.3) is 0 Å². The number of carbonyl (C=O) groups excluding carboxylic acids is 1. The fourth-order valence-corrected chi connectivity index (χ4v) is 1.42. The smallest absolute Gasteiger partial charge is 0.339 e. The van der Waals surface area contributed by atoms with Crippen LogP contribution in [0.15, 0.2) is 12.1 Å². The lowest BCUT2D eigenvalue weighted by atomic mass is 10.0. The molecule has 1 N–H and O–H groups in total. The first kappa shape index (κ1) is 12.3. The fourth-order valence-electron chi connectivity index (χ4n) is 1.21. The molecule has 0 unspecified atom stereocenters. The van der Waals surface area contributed by atoms with Crippen molar-refractivity contribution in [2.24, 2.45) is 0 Å². The zero-order chi connectivity index (χ0) is 12.1. The number of nitriles is 1. The number of benzene rings is 1. The van der Waals surface area contributed by atoms with Crippen molar-refractivity contribution in [2.75, 3.05) is 6.61 Å². The third-order valence-electron chi connectivity index (χ3n) is 1.98. The highest BCUT2D eigenvalue weighted by atomic mass is 35.5. The van der Waals surface area contributed by atoms with Crippen LogP contribution < -0.4 is 0 Å². The van der Waals surface area contributed by atoms with Gasteiger partial charge in [0.2, 0.25) is 0 Å². The molecule has 0 aromatic heterocycles. The number of rotatable bonds is 3. The summed E-state index contributed by atoms with van der Waals surface area (Å²) < 4.78 is 4.80. The third kappa shape index (κ3) is 2.44. The predicted octanol–water partition coefficient (Wildman–Crippen LogP) is 2.18. The van der Waals surface area contributed by atoms with Gasteiger partial charge in [-0.05, 0) is 19.1 Å². The van der Waals surface area contributed by atoms with E-state index < -0.39 is 5.97 Å². The number of alkyl halides is 1. The lowest BCUT2D eigenvalue weighted by Gasteiger charge is -2.07. The van der Waals surface area contributed by atoms with Crippen molar-refractivity contribution in [3.63, 3.8) is 0 Å². The van der Waals surface area contributed by atoms with Crippen LogP contribution in [0.4, 0.5) is 0 Å². The first-order valence-electron chi connectivity index (χ1n) is 4.63. The second-order valence-corrected chi connectivity index (χ2v) is 3.26.